The highest BCUT2D eigenvalue weighted by molar-refractivity contribution is 9.10. The summed E-state index contributed by atoms with van der Waals surface area (Å²) < 4.78 is 42.8. The number of hydrogen-bond donors (Lipinski definition) is 2. The van der Waals surface area contributed by atoms with Gasteiger partial charge in [0, 0.05) is 28.6 Å². The lowest BCUT2D eigenvalue weighted by Gasteiger charge is -2.39. The van der Waals surface area contributed by atoms with Crippen molar-refractivity contribution in [2.45, 2.75) is 57.9 Å². The van der Waals surface area contributed by atoms with Crippen molar-refractivity contribution in [1.82, 2.24) is 9.36 Å². The van der Waals surface area contributed by atoms with Crippen molar-refractivity contribution in [3.8, 4) is 0 Å². The Bertz CT molecular complexity index is 822. The van der Waals surface area contributed by atoms with Gasteiger partial charge in [-0.05, 0) is 49.8 Å². The Balaban J connectivity index is 1.91. The molecule has 1 aromatic carbocycles. The smallest absolute Gasteiger partial charge is 0.393 e. The van der Waals surface area contributed by atoms with Crippen LogP contribution in [0.2, 0.25) is 0 Å². The number of aliphatic hydroxyl groups is 1. The molecule has 10 heteroatoms. The highest BCUT2D eigenvalue weighted by Crippen LogP contribution is 2.37. The van der Waals surface area contributed by atoms with Crippen molar-refractivity contribution >= 4 is 44.0 Å². The summed E-state index contributed by atoms with van der Waals surface area (Å²) in [4.78, 5) is 5.90. The molecule has 0 saturated heterocycles. The number of nitrogens with one attached hydrogen (secondary N) is 1. The maximum atomic E-state index is 12.8. The van der Waals surface area contributed by atoms with Gasteiger partial charge in [0.05, 0.1) is 17.5 Å². The van der Waals surface area contributed by atoms with Crippen LogP contribution in [0.4, 0.5) is 29.7 Å². The Hall–Kier alpha value is -1.39. The molecule has 2 aromatic rings. The van der Waals surface area contributed by atoms with Gasteiger partial charge in [-0.25, -0.2) is 0 Å². The van der Waals surface area contributed by atoms with E-state index < -0.39 is 12.0 Å². The van der Waals surface area contributed by atoms with Gasteiger partial charge < -0.3 is 15.3 Å². The maximum Gasteiger partial charge on any atom is 0.452 e. The van der Waals surface area contributed by atoms with Crippen LogP contribution in [0.25, 0.3) is 0 Å². The van der Waals surface area contributed by atoms with E-state index in [9.17, 15) is 18.3 Å². The van der Waals surface area contributed by atoms with Crippen molar-refractivity contribution in [2.24, 2.45) is 5.92 Å². The Labute approximate surface area is 180 Å². The minimum atomic E-state index is -4.57. The summed E-state index contributed by atoms with van der Waals surface area (Å²) in [6, 6.07) is 6.00. The van der Waals surface area contributed by atoms with E-state index in [0.717, 1.165) is 42.4 Å². The average Bonchev–Trinajstić information content (AvgIpc) is 3.10. The zero-order valence-corrected chi connectivity index (χ0v) is 18.6. The molecule has 3 rings (SSSR count). The lowest BCUT2D eigenvalue weighted by Crippen LogP contribution is -2.41. The molecule has 0 radical (unpaired) electrons. The molecule has 1 aromatic heterocycles. The predicted octanol–water partition coefficient (Wildman–Crippen LogP) is 5.83. The molecule has 0 amide bonds. The number of nitrogens with zero attached hydrogens (tertiary/aromatic N) is 3. The first-order valence-corrected chi connectivity index (χ1v) is 11.1. The third kappa shape index (κ3) is 5.82. The summed E-state index contributed by atoms with van der Waals surface area (Å²) in [5.74, 6) is -0.737. The van der Waals surface area contributed by atoms with Crippen LogP contribution in [0, 0.1) is 5.92 Å². The van der Waals surface area contributed by atoms with Gasteiger partial charge >= 0.3 is 6.18 Å². The second-order valence-electron chi connectivity index (χ2n) is 7.72. The van der Waals surface area contributed by atoms with E-state index in [1.54, 1.807) is 0 Å². The van der Waals surface area contributed by atoms with Crippen LogP contribution in [-0.2, 0) is 6.18 Å². The van der Waals surface area contributed by atoms with Crippen molar-refractivity contribution < 1.29 is 18.3 Å². The molecule has 29 heavy (non-hydrogen) atoms. The number of alkyl halides is 3. The van der Waals surface area contributed by atoms with Crippen molar-refractivity contribution in [2.75, 3.05) is 16.8 Å². The van der Waals surface area contributed by atoms with Gasteiger partial charge in [0.15, 0.2) is 0 Å². The van der Waals surface area contributed by atoms with E-state index in [-0.39, 0.29) is 17.3 Å². The molecule has 0 spiro atoms. The monoisotopic (exact) mass is 492 g/mol. The second kappa shape index (κ2) is 9.18. The van der Waals surface area contributed by atoms with Gasteiger partial charge in [0.25, 0.3) is 0 Å². The van der Waals surface area contributed by atoms with Crippen LogP contribution < -0.4 is 10.2 Å². The van der Waals surface area contributed by atoms with E-state index in [2.05, 4.69) is 49.4 Å². The molecule has 1 aliphatic carbocycles. The summed E-state index contributed by atoms with van der Waals surface area (Å²) in [7, 11) is 0. The Kier molecular flexibility index (Phi) is 7.06. The van der Waals surface area contributed by atoms with E-state index in [0.29, 0.717) is 23.1 Å². The van der Waals surface area contributed by atoms with Gasteiger partial charge in [0.1, 0.15) is 0 Å². The summed E-state index contributed by atoms with van der Waals surface area (Å²) in [5.41, 5.74) is 1.59. The second-order valence-corrected chi connectivity index (χ2v) is 9.38. The van der Waals surface area contributed by atoms with Crippen molar-refractivity contribution in [3.05, 3.63) is 28.5 Å². The normalized spacial score (nSPS) is 20.1. The average molecular weight is 493 g/mol. The largest absolute Gasteiger partial charge is 0.452 e. The van der Waals surface area contributed by atoms with E-state index in [4.69, 9.17) is 0 Å². The first kappa shape index (κ1) is 22.3. The van der Waals surface area contributed by atoms with Gasteiger partial charge in [-0.15, -0.1) is 0 Å². The molecule has 0 atom stereocenters. The Morgan fingerprint density at radius 2 is 1.97 bits per heavy atom. The van der Waals surface area contributed by atoms with Gasteiger partial charge in [-0.1, -0.05) is 29.8 Å². The molecule has 1 aliphatic rings. The minimum absolute atomic E-state index is 0.0974. The molecular weight excluding hydrogens is 469 g/mol. The summed E-state index contributed by atoms with van der Waals surface area (Å²) in [6.45, 7) is 5.08. The van der Waals surface area contributed by atoms with Crippen LogP contribution in [0.15, 0.2) is 22.7 Å². The minimum Gasteiger partial charge on any atom is -0.393 e. The maximum absolute atomic E-state index is 12.8. The third-order valence-electron chi connectivity index (χ3n) is 4.86. The molecule has 0 aliphatic heterocycles. The number of rotatable bonds is 6. The molecule has 0 bridgehead atoms. The highest BCUT2D eigenvalue weighted by atomic mass is 79.9. The molecule has 1 fully saturated rings. The third-order valence-corrected chi connectivity index (χ3v) is 5.98. The van der Waals surface area contributed by atoms with Crippen molar-refractivity contribution in [1.29, 1.82) is 0 Å². The Morgan fingerprint density at radius 1 is 1.28 bits per heavy atom. The zero-order valence-electron chi connectivity index (χ0n) is 16.2. The van der Waals surface area contributed by atoms with E-state index >= 15 is 0 Å². The highest BCUT2D eigenvalue weighted by Gasteiger charge is 2.36. The summed E-state index contributed by atoms with van der Waals surface area (Å²) >= 11 is 4.13. The molecule has 2 N–H and O–H groups in total. The van der Waals surface area contributed by atoms with Crippen molar-refractivity contribution in [3.63, 3.8) is 0 Å². The lowest BCUT2D eigenvalue weighted by atomic mass is 9.91. The molecule has 5 nitrogen and oxygen atoms in total. The molecule has 1 saturated carbocycles. The molecule has 160 valence electrons. The fourth-order valence-electron chi connectivity index (χ4n) is 3.57. The predicted molar refractivity (Wildman–Crippen MR) is 113 cm³/mol. The number of benzene rings is 1. The van der Waals surface area contributed by atoms with Crippen LogP contribution >= 0.6 is 27.5 Å². The molecule has 1 heterocycles. The first-order valence-electron chi connectivity index (χ1n) is 9.55. The fraction of sp³-hybridized carbons (Fsp3) is 0.579. The number of aliphatic hydroxyl groups excluding tert-OH is 1. The lowest BCUT2D eigenvalue weighted by molar-refractivity contribution is -0.144. The van der Waals surface area contributed by atoms with Gasteiger partial charge in [-0.2, -0.15) is 22.5 Å². The SMILES string of the molecule is CC(C)CN(c1ccc(Br)cc1Nc1nc(C(F)(F)F)ns1)[C@H]1CC[C@H](O)CC1. The topological polar surface area (TPSA) is 61.3 Å². The quantitative estimate of drug-likeness (QED) is 0.531. The van der Waals surface area contributed by atoms with Crippen LogP contribution in [0.5, 0.6) is 0 Å². The molecular formula is C19H24BrF3N4OS. The zero-order chi connectivity index (χ0) is 21.2. The Morgan fingerprint density at radius 3 is 2.55 bits per heavy atom. The summed E-state index contributed by atoms with van der Waals surface area (Å²) in [6.07, 6.45) is -1.56. The van der Waals surface area contributed by atoms with Gasteiger partial charge in [-0.3, -0.25) is 0 Å². The van der Waals surface area contributed by atoms with Gasteiger partial charge in [0.2, 0.25) is 11.0 Å². The van der Waals surface area contributed by atoms with E-state index in [1.807, 2.05) is 18.2 Å². The van der Waals surface area contributed by atoms with Crippen LogP contribution in [0.1, 0.15) is 45.4 Å². The standard InChI is InChI=1S/C19H24BrF3N4OS/c1-11(2)10-27(13-4-6-14(28)7-5-13)16-8-3-12(20)9-15(16)24-18-25-17(26-29-18)19(21,22)23/h3,8-9,11,13-14,28H,4-7,10H2,1-2H3,(H,24,25,26)/t13-,14-. The number of anilines is 3. The molecule has 0 unspecified atom stereocenters. The fourth-order valence-corrected chi connectivity index (χ4v) is 4.53. The summed E-state index contributed by atoms with van der Waals surface area (Å²) in [5, 5.41) is 13.0. The number of halogens is 4. The van der Waals surface area contributed by atoms with Crippen LogP contribution in [0.3, 0.4) is 0 Å². The number of aromatic nitrogens is 2. The van der Waals surface area contributed by atoms with E-state index in [1.165, 1.54) is 0 Å². The first-order chi connectivity index (χ1) is 13.6. The number of hydrogen-bond acceptors (Lipinski definition) is 6. The van der Waals surface area contributed by atoms with Crippen LogP contribution in [-0.4, -0.2) is 33.2 Å².